The Labute approximate surface area is 146 Å². The van der Waals surface area contributed by atoms with Crippen LogP contribution in [0, 0.1) is 6.92 Å². The van der Waals surface area contributed by atoms with Crippen molar-refractivity contribution in [3.8, 4) is 17.0 Å². The third kappa shape index (κ3) is 2.38. The molecule has 0 atom stereocenters. The molecule has 0 spiro atoms. The van der Waals surface area contributed by atoms with Crippen molar-refractivity contribution in [1.29, 1.82) is 0 Å². The summed E-state index contributed by atoms with van der Waals surface area (Å²) in [6, 6.07) is 9.29. The van der Waals surface area contributed by atoms with E-state index < -0.39 is 11.2 Å². The Balaban J connectivity index is 2.61. The van der Waals surface area contributed by atoms with E-state index >= 15 is 0 Å². The molecule has 0 amide bonds. The first-order chi connectivity index (χ1) is 11.3. The molecular formula is C18H16BrNO4. The summed E-state index contributed by atoms with van der Waals surface area (Å²) >= 11 is 2.98. The van der Waals surface area contributed by atoms with Crippen LogP contribution in [0.2, 0.25) is 0 Å². The fourth-order valence-corrected chi connectivity index (χ4v) is 3.20. The number of aromatic hydroxyl groups is 1. The van der Waals surface area contributed by atoms with Crippen LogP contribution in [0.15, 0.2) is 48.8 Å². The van der Waals surface area contributed by atoms with E-state index in [1.807, 2.05) is 44.2 Å². The minimum atomic E-state index is -0.719. The highest BCUT2D eigenvalue weighted by Crippen LogP contribution is 2.34. The highest BCUT2D eigenvalue weighted by molar-refractivity contribution is 9.10. The lowest BCUT2D eigenvalue weighted by molar-refractivity contribution is 0.459. The van der Waals surface area contributed by atoms with Crippen molar-refractivity contribution in [2.24, 2.45) is 0 Å². The lowest BCUT2D eigenvalue weighted by Crippen LogP contribution is -2.25. The Morgan fingerprint density at radius 3 is 2.38 bits per heavy atom. The molecule has 124 valence electrons. The van der Waals surface area contributed by atoms with Crippen molar-refractivity contribution in [2.45, 2.75) is 26.8 Å². The molecule has 3 rings (SSSR count). The van der Waals surface area contributed by atoms with Crippen LogP contribution in [0.5, 0.6) is 5.75 Å². The summed E-state index contributed by atoms with van der Waals surface area (Å²) in [4.78, 5) is 24.9. The molecule has 1 aromatic carbocycles. The van der Waals surface area contributed by atoms with E-state index in [1.165, 1.54) is 0 Å². The fourth-order valence-electron chi connectivity index (χ4n) is 2.92. The van der Waals surface area contributed by atoms with Crippen molar-refractivity contribution in [3.05, 3.63) is 61.1 Å². The third-order valence-electron chi connectivity index (χ3n) is 3.98. The highest BCUT2D eigenvalue weighted by atomic mass is 79.9. The first kappa shape index (κ1) is 16.5. The van der Waals surface area contributed by atoms with Crippen molar-refractivity contribution < 1.29 is 9.52 Å². The summed E-state index contributed by atoms with van der Waals surface area (Å²) in [5, 5.41) is 10.3. The van der Waals surface area contributed by atoms with Crippen molar-refractivity contribution in [2.75, 3.05) is 0 Å². The van der Waals surface area contributed by atoms with E-state index in [4.69, 9.17) is 4.42 Å². The molecule has 3 aromatic rings. The molecule has 1 N–H and O–H groups in total. The van der Waals surface area contributed by atoms with Crippen LogP contribution in [0.4, 0.5) is 0 Å². The molecule has 0 unspecified atom stereocenters. The van der Waals surface area contributed by atoms with Gasteiger partial charge in [-0.15, -0.1) is 0 Å². The number of fused-ring (bicyclic) bond motifs is 1. The number of halogens is 1. The van der Waals surface area contributed by atoms with Crippen LogP contribution in [0.25, 0.3) is 22.2 Å². The Bertz CT molecular complexity index is 1050. The standard InChI is InChI=1S/C18H16BrNO4/c1-9(2)20-14(11-7-5-4-6-8-11)10(3)16-12(17(20)22)15(21)13(19)18(23)24-16/h4-9,21H,1-3H3. The van der Waals surface area contributed by atoms with Crippen LogP contribution in [0.1, 0.15) is 25.5 Å². The summed E-state index contributed by atoms with van der Waals surface area (Å²) in [6.45, 7) is 5.56. The lowest BCUT2D eigenvalue weighted by Gasteiger charge is -2.20. The SMILES string of the molecule is Cc1c(-c2ccccc2)n(C(C)C)c(=O)c2c(O)c(Br)c(=O)oc12. The van der Waals surface area contributed by atoms with E-state index in [0.29, 0.717) is 11.3 Å². The van der Waals surface area contributed by atoms with Gasteiger partial charge in [-0.3, -0.25) is 4.79 Å². The van der Waals surface area contributed by atoms with Gasteiger partial charge in [-0.25, -0.2) is 4.79 Å². The minimum Gasteiger partial charge on any atom is -0.506 e. The van der Waals surface area contributed by atoms with E-state index in [1.54, 1.807) is 11.5 Å². The molecule has 24 heavy (non-hydrogen) atoms. The van der Waals surface area contributed by atoms with Gasteiger partial charge in [-0.1, -0.05) is 30.3 Å². The van der Waals surface area contributed by atoms with E-state index in [0.717, 1.165) is 5.56 Å². The number of aryl methyl sites for hydroxylation is 1. The number of benzene rings is 1. The number of aromatic nitrogens is 1. The van der Waals surface area contributed by atoms with Gasteiger partial charge in [0, 0.05) is 11.6 Å². The van der Waals surface area contributed by atoms with Gasteiger partial charge in [0.2, 0.25) is 0 Å². The molecule has 2 heterocycles. The molecule has 2 aromatic heterocycles. The van der Waals surface area contributed by atoms with Crippen LogP contribution in [0.3, 0.4) is 0 Å². The largest absolute Gasteiger partial charge is 0.506 e. The average Bonchev–Trinajstić information content (AvgIpc) is 2.55. The van der Waals surface area contributed by atoms with Crippen LogP contribution >= 0.6 is 15.9 Å². The predicted molar refractivity (Wildman–Crippen MR) is 96.7 cm³/mol. The van der Waals surface area contributed by atoms with Crippen LogP contribution in [-0.4, -0.2) is 9.67 Å². The van der Waals surface area contributed by atoms with Gasteiger partial charge in [0.15, 0.2) is 11.3 Å². The predicted octanol–water partition coefficient (Wildman–Crippen LogP) is 3.98. The van der Waals surface area contributed by atoms with E-state index in [-0.39, 0.29) is 27.2 Å². The summed E-state index contributed by atoms with van der Waals surface area (Å²) in [5.41, 5.74) is 1.14. The molecule has 0 aliphatic carbocycles. The summed E-state index contributed by atoms with van der Waals surface area (Å²) < 4.78 is 6.77. The second kappa shape index (κ2) is 5.94. The maximum atomic E-state index is 13.0. The molecule has 0 saturated carbocycles. The Hall–Kier alpha value is -2.34. The van der Waals surface area contributed by atoms with Gasteiger partial charge in [0.1, 0.15) is 9.86 Å². The molecule has 0 fully saturated rings. The lowest BCUT2D eigenvalue weighted by atomic mass is 10.0. The van der Waals surface area contributed by atoms with E-state index in [9.17, 15) is 14.7 Å². The number of hydrogen-bond acceptors (Lipinski definition) is 4. The van der Waals surface area contributed by atoms with Crippen molar-refractivity contribution in [3.63, 3.8) is 0 Å². The number of rotatable bonds is 2. The maximum Gasteiger partial charge on any atom is 0.354 e. The normalized spacial score (nSPS) is 11.4. The molecule has 0 radical (unpaired) electrons. The monoisotopic (exact) mass is 389 g/mol. The summed E-state index contributed by atoms with van der Waals surface area (Å²) in [6.07, 6.45) is 0. The molecule has 0 saturated heterocycles. The zero-order chi connectivity index (χ0) is 17.6. The first-order valence-corrected chi connectivity index (χ1v) is 8.29. The summed E-state index contributed by atoms with van der Waals surface area (Å²) in [7, 11) is 0. The molecule has 0 bridgehead atoms. The zero-order valence-electron chi connectivity index (χ0n) is 13.5. The smallest absolute Gasteiger partial charge is 0.354 e. The minimum absolute atomic E-state index is 0.00681. The molecule has 6 heteroatoms. The van der Waals surface area contributed by atoms with Crippen molar-refractivity contribution >= 4 is 26.9 Å². The number of hydrogen-bond donors (Lipinski definition) is 1. The van der Waals surface area contributed by atoms with Gasteiger partial charge in [0.25, 0.3) is 5.56 Å². The van der Waals surface area contributed by atoms with Gasteiger partial charge >= 0.3 is 5.63 Å². The Morgan fingerprint density at radius 1 is 1.17 bits per heavy atom. The zero-order valence-corrected chi connectivity index (χ0v) is 15.0. The third-order valence-corrected chi connectivity index (χ3v) is 4.68. The maximum absolute atomic E-state index is 13.0. The topological polar surface area (TPSA) is 72.4 Å². The van der Waals surface area contributed by atoms with Crippen LogP contribution < -0.4 is 11.2 Å². The van der Waals surface area contributed by atoms with Crippen molar-refractivity contribution in [1.82, 2.24) is 4.57 Å². The summed E-state index contributed by atoms with van der Waals surface area (Å²) in [5.74, 6) is -0.386. The fraction of sp³-hybridized carbons (Fsp3) is 0.222. The average molecular weight is 390 g/mol. The number of pyridine rings is 1. The van der Waals surface area contributed by atoms with Crippen LogP contribution in [-0.2, 0) is 0 Å². The molecule has 5 nitrogen and oxygen atoms in total. The second-order valence-electron chi connectivity index (χ2n) is 5.86. The van der Waals surface area contributed by atoms with Gasteiger partial charge in [-0.05, 0) is 42.3 Å². The number of nitrogens with zero attached hydrogens (tertiary/aromatic N) is 1. The van der Waals surface area contributed by atoms with E-state index in [2.05, 4.69) is 15.9 Å². The molecular weight excluding hydrogens is 374 g/mol. The Kier molecular flexibility index (Phi) is 4.09. The quantitative estimate of drug-likeness (QED) is 0.719. The highest BCUT2D eigenvalue weighted by Gasteiger charge is 2.23. The van der Waals surface area contributed by atoms with Gasteiger partial charge in [0.05, 0.1) is 5.69 Å². The van der Waals surface area contributed by atoms with Gasteiger partial charge < -0.3 is 14.1 Å². The van der Waals surface area contributed by atoms with Gasteiger partial charge in [-0.2, -0.15) is 0 Å². The molecule has 0 aliphatic rings. The Morgan fingerprint density at radius 2 is 1.79 bits per heavy atom. The second-order valence-corrected chi connectivity index (χ2v) is 6.66. The first-order valence-electron chi connectivity index (χ1n) is 7.50. The molecule has 0 aliphatic heterocycles.